The molecule has 3 fully saturated rings. The molecule has 2 aromatic rings. The van der Waals surface area contributed by atoms with E-state index in [1.165, 1.54) is 30.2 Å². The summed E-state index contributed by atoms with van der Waals surface area (Å²) in [4.78, 5) is 40.5. The van der Waals surface area contributed by atoms with Gasteiger partial charge in [0.25, 0.3) is 5.91 Å². The Kier molecular flexibility index (Phi) is 6.06. The van der Waals surface area contributed by atoms with Gasteiger partial charge in [0.05, 0.1) is 5.56 Å². The first-order valence-corrected chi connectivity index (χ1v) is 13.2. The summed E-state index contributed by atoms with van der Waals surface area (Å²) in [5, 5.41) is 15.4. The minimum absolute atomic E-state index is 0.0494. The van der Waals surface area contributed by atoms with Gasteiger partial charge in [0.15, 0.2) is 5.75 Å². The normalized spacial score (nSPS) is 25.2. The molecule has 11 heteroatoms. The Hall–Kier alpha value is -3.15. The number of fused-ring (bicyclic) bond motifs is 2. The van der Waals surface area contributed by atoms with Gasteiger partial charge in [0.1, 0.15) is 10.8 Å². The maximum atomic E-state index is 13.2. The summed E-state index contributed by atoms with van der Waals surface area (Å²) < 4.78 is 11.2. The van der Waals surface area contributed by atoms with Crippen LogP contribution in [-0.4, -0.2) is 64.2 Å². The van der Waals surface area contributed by atoms with E-state index < -0.39 is 17.8 Å². The maximum Gasteiger partial charge on any atom is 0.336 e. The number of carbonyl (C=O) groups is 3. The second-order valence-corrected chi connectivity index (χ2v) is 10.9. The summed E-state index contributed by atoms with van der Waals surface area (Å²) in [6.07, 6.45) is 7.67. The molecule has 188 valence electrons. The van der Waals surface area contributed by atoms with Crippen LogP contribution in [-0.2, 0) is 9.59 Å². The number of hydrogen-bond donors (Lipinski definition) is 2. The number of esters is 2. The molecule has 1 aromatic heterocycles. The molecule has 36 heavy (non-hydrogen) atoms. The molecule has 6 rings (SSSR count). The fourth-order valence-corrected chi connectivity index (χ4v) is 5.69. The minimum atomic E-state index is -0.745. The number of rotatable bonds is 6. The van der Waals surface area contributed by atoms with Crippen molar-refractivity contribution in [3.05, 3.63) is 40.4 Å². The molecule has 0 spiro atoms. The zero-order valence-electron chi connectivity index (χ0n) is 19.9. The molecule has 0 radical (unpaired) electrons. The van der Waals surface area contributed by atoms with Crippen LogP contribution >= 0.6 is 11.3 Å². The second-order valence-electron chi connectivity index (χ2n) is 9.77. The predicted molar refractivity (Wildman–Crippen MR) is 131 cm³/mol. The smallest absolute Gasteiger partial charge is 0.336 e. The van der Waals surface area contributed by atoms with Crippen LogP contribution < -0.4 is 20.1 Å². The molecule has 2 saturated carbocycles. The lowest BCUT2D eigenvalue weighted by Crippen LogP contribution is -2.44. The highest BCUT2D eigenvalue weighted by Crippen LogP contribution is 2.51. The average molecular weight is 510 g/mol. The Morgan fingerprint density at radius 3 is 2.50 bits per heavy atom. The van der Waals surface area contributed by atoms with E-state index in [-0.39, 0.29) is 23.3 Å². The van der Waals surface area contributed by atoms with E-state index in [4.69, 9.17) is 9.47 Å². The van der Waals surface area contributed by atoms with Crippen molar-refractivity contribution < 1.29 is 23.9 Å². The molecule has 4 aliphatic rings. The van der Waals surface area contributed by atoms with Gasteiger partial charge in [-0.1, -0.05) is 11.3 Å². The van der Waals surface area contributed by atoms with Gasteiger partial charge in [-0.15, -0.1) is 10.2 Å². The number of piperidine rings is 1. The number of aromatic nitrogens is 2. The number of nitrogens with one attached hydrogen (secondary N) is 2. The second kappa shape index (κ2) is 9.38. The van der Waals surface area contributed by atoms with Gasteiger partial charge in [0.2, 0.25) is 5.13 Å². The minimum Gasteiger partial charge on any atom is -0.423 e. The zero-order valence-corrected chi connectivity index (χ0v) is 20.7. The van der Waals surface area contributed by atoms with Crippen molar-refractivity contribution in [3.63, 3.8) is 0 Å². The van der Waals surface area contributed by atoms with Crippen LogP contribution in [0.2, 0.25) is 0 Å². The van der Waals surface area contributed by atoms with Crippen LogP contribution in [0.3, 0.4) is 0 Å². The van der Waals surface area contributed by atoms with Gasteiger partial charge < -0.3 is 19.7 Å². The quantitative estimate of drug-likeness (QED) is 0.447. The number of likely N-dealkylation sites (tertiary alicyclic amines) is 1. The van der Waals surface area contributed by atoms with E-state index >= 15 is 0 Å². The zero-order chi connectivity index (χ0) is 24.8. The van der Waals surface area contributed by atoms with Crippen molar-refractivity contribution in [2.75, 3.05) is 18.4 Å². The fourth-order valence-electron chi connectivity index (χ4n) is 5.11. The number of carbonyl (C=O) groups excluding carboxylic acids is 3. The summed E-state index contributed by atoms with van der Waals surface area (Å²) in [7, 11) is 0. The lowest BCUT2D eigenvalue weighted by molar-refractivity contribution is -0.131. The van der Waals surface area contributed by atoms with Crippen molar-refractivity contribution in [1.82, 2.24) is 20.4 Å². The molecular weight excluding hydrogens is 482 g/mol. The number of aryl methyl sites for hydroxylation is 1. The van der Waals surface area contributed by atoms with Crippen molar-refractivity contribution in [1.29, 1.82) is 0 Å². The third-order valence-electron chi connectivity index (χ3n) is 7.12. The van der Waals surface area contributed by atoms with E-state index in [1.54, 1.807) is 13.0 Å². The number of anilines is 1. The summed E-state index contributed by atoms with van der Waals surface area (Å²) in [6.45, 7) is 4.01. The third kappa shape index (κ3) is 4.91. The first kappa shape index (κ1) is 23.3. The highest BCUT2D eigenvalue weighted by atomic mass is 32.1. The van der Waals surface area contributed by atoms with Crippen LogP contribution in [0.4, 0.5) is 5.13 Å². The van der Waals surface area contributed by atoms with Gasteiger partial charge >= 0.3 is 11.9 Å². The van der Waals surface area contributed by atoms with Gasteiger partial charge in [0, 0.05) is 41.8 Å². The van der Waals surface area contributed by atoms with Gasteiger partial charge in [-0.3, -0.25) is 10.1 Å². The average Bonchev–Trinajstić information content (AvgIpc) is 3.78. The third-order valence-corrected chi connectivity index (χ3v) is 7.87. The first-order valence-electron chi connectivity index (χ1n) is 12.3. The molecule has 1 aromatic carbocycles. The Morgan fingerprint density at radius 1 is 1.06 bits per heavy atom. The highest BCUT2D eigenvalue weighted by molar-refractivity contribution is 7.15. The number of benzene rings is 1. The Labute approximate surface area is 212 Å². The molecule has 1 saturated heterocycles. The maximum absolute atomic E-state index is 13.2. The van der Waals surface area contributed by atoms with Crippen molar-refractivity contribution in [2.45, 2.75) is 63.1 Å². The Bertz CT molecular complexity index is 1250. The van der Waals surface area contributed by atoms with E-state index in [0.717, 1.165) is 50.5 Å². The predicted octanol–water partition coefficient (Wildman–Crippen LogP) is 2.55. The molecule has 10 nitrogen and oxygen atoms in total. The van der Waals surface area contributed by atoms with E-state index in [9.17, 15) is 14.4 Å². The van der Waals surface area contributed by atoms with E-state index in [0.29, 0.717) is 27.5 Å². The van der Waals surface area contributed by atoms with Crippen molar-refractivity contribution in [2.24, 2.45) is 0 Å². The number of ether oxygens (including phenoxy) is 2. The molecule has 2 unspecified atom stereocenters. The molecule has 2 atom stereocenters. The Morgan fingerprint density at radius 2 is 1.81 bits per heavy atom. The summed E-state index contributed by atoms with van der Waals surface area (Å²) in [5.74, 6) is -1.52. The summed E-state index contributed by atoms with van der Waals surface area (Å²) in [5.41, 5.74) is 0.735. The van der Waals surface area contributed by atoms with Gasteiger partial charge in [-0.2, -0.15) is 0 Å². The van der Waals surface area contributed by atoms with E-state index in [2.05, 4.69) is 25.7 Å². The van der Waals surface area contributed by atoms with Crippen LogP contribution in [0.1, 0.15) is 59.0 Å². The van der Waals surface area contributed by atoms with Crippen LogP contribution in [0.5, 0.6) is 11.5 Å². The first-order chi connectivity index (χ1) is 17.4. The molecular formula is C25H27N5O5S. The number of nitrogens with zero attached hydrogens (tertiary/aromatic N) is 3. The lowest BCUT2D eigenvalue weighted by Gasteiger charge is -2.32. The van der Waals surface area contributed by atoms with E-state index in [1.807, 2.05) is 0 Å². The number of amides is 1. The van der Waals surface area contributed by atoms with Crippen LogP contribution in [0, 0.1) is 6.92 Å². The van der Waals surface area contributed by atoms with Crippen molar-refractivity contribution >= 4 is 34.3 Å². The summed E-state index contributed by atoms with van der Waals surface area (Å²) >= 11 is 1.25. The summed E-state index contributed by atoms with van der Waals surface area (Å²) in [6, 6.07) is 4.44. The van der Waals surface area contributed by atoms with Gasteiger partial charge in [-0.25, -0.2) is 9.59 Å². The molecule has 2 N–H and O–H groups in total. The lowest BCUT2D eigenvalue weighted by atomic mass is 10.0. The van der Waals surface area contributed by atoms with Crippen LogP contribution in [0.15, 0.2) is 24.3 Å². The molecule has 2 bridgehead atoms. The Balaban J connectivity index is 1.26. The van der Waals surface area contributed by atoms with Crippen molar-refractivity contribution in [3.8, 4) is 11.5 Å². The SMILES string of the molecule is Cc1nnc(NC(=O)c2ccc3c(C4CC4NC4CCN(C5CC5)CC4)c2OC(=O)/C=C/C(=O)O3)s1. The molecule has 2 aliphatic carbocycles. The molecule has 2 aliphatic heterocycles. The molecule has 1 amide bonds. The largest absolute Gasteiger partial charge is 0.423 e. The number of hydrogen-bond acceptors (Lipinski definition) is 10. The molecule has 3 heterocycles. The van der Waals surface area contributed by atoms with Crippen LogP contribution in [0.25, 0.3) is 0 Å². The van der Waals surface area contributed by atoms with Gasteiger partial charge in [-0.05, 0) is 64.3 Å². The fraction of sp³-hybridized carbons (Fsp3) is 0.480. The monoisotopic (exact) mass is 509 g/mol. The topological polar surface area (TPSA) is 123 Å². The standard InChI is InChI=1S/C25H27N5O5S/c1-13-28-29-25(36-13)27-24(33)16-4-5-19-22(23(16)35-21(32)7-6-20(31)34-19)17-12-18(17)26-14-8-10-30(11-9-14)15-2-3-15/h4-7,14-15,17-18,26H,2-3,8-12H2,1H3,(H,27,29,33)/b7-6+. The highest BCUT2D eigenvalue weighted by Gasteiger charge is 2.45.